The smallest absolute Gasteiger partial charge is 0.230 e. The van der Waals surface area contributed by atoms with E-state index < -0.39 is 10.8 Å². The van der Waals surface area contributed by atoms with Gasteiger partial charge in [-0.15, -0.1) is 0 Å². The highest BCUT2D eigenvalue weighted by Crippen LogP contribution is 2.41. The second kappa shape index (κ2) is 6.93. The molecular weight excluding hydrogens is 328 g/mol. The van der Waals surface area contributed by atoms with E-state index in [2.05, 4.69) is 0 Å². The number of hydrogen-bond acceptors (Lipinski definition) is 3. The SMILES string of the molecule is COc1cccc(CN2CCCC3(CCN(C(=O)C(C)(C)C)C3)C2=O)c1. The zero-order chi connectivity index (χ0) is 18.9. The van der Waals surface area contributed by atoms with Crippen molar-refractivity contribution in [3.63, 3.8) is 0 Å². The molecule has 5 nitrogen and oxygen atoms in total. The van der Waals surface area contributed by atoms with Crippen molar-refractivity contribution in [2.45, 2.75) is 46.6 Å². The van der Waals surface area contributed by atoms with Crippen LogP contribution in [-0.4, -0.2) is 48.4 Å². The summed E-state index contributed by atoms with van der Waals surface area (Å²) < 4.78 is 5.29. The minimum atomic E-state index is -0.399. The monoisotopic (exact) mass is 358 g/mol. The van der Waals surface area contributed by atoms with Crippen molar-refractivity contribution < 1.29 is 14.3 Å². The molecule has 0 bridgehead atoms. The fourth-order valence-corrected chi connectivity index (χ4v) is 4.19. The van der Waals surface area contributed by atoms with Gasteiger partial charge in [0.2, 0.25) is 11.8 Å². The van der Waals surface area contributed by atoms with Gasteiger partial charge in [0.15, 0.2) is 0 Å². The molecular formula is C21H30N2O3. The first-order chi connectivity index (χ1) is 12.2. The molecule has 2 saturated heterocycles. The maximum Gasteiger partial charge on any atom is 0.230 e. The Kier molecular flexibility index (Phi) is 5.00. The molecule has 5 heteroatoms. The molecule has 1 aromatic carbocycles. The summed E-state index contributed by atoms with van der Waals surface area (Å²) in [4.78, 5) is 29.8. The number of ether oxygens (including phenoxy) is 1. The molecule has 2 fully saturated rings. The average molecular weight is 358 g/mol. The van der Waals surface area contributed by atoms with Gasteiger partial charge in [-0.1, -0.05) is 32.9 Å². The van der Waals surface area contributed by atoms with E-state index in [0.29, 0.717) is 19.6 Å². The summed E-state index contributed by atoms with van der Waals surface area (Å²) in [5.41, 5.74) is 0.289. The molecule has 0 aliphatic carbocycles. The number of amides is 2. The molecule has 1 unspecified atom stereocenters. The Bertz CT molecular complexity index is 695. The number of piperidine rings is 1. The van der Waals surface area contributed by atoms with Gasteiger partial charge in [-0.25, -0.2) is 0 Å². The summed E-state index contributed by atoms with van der Waals surface area (Å²) in [6, 6.07) is 7.88. The van der Waals surface area contributed by atoms with Crippen LogP contribution in [0.3, 0.4) is 0 Å². The van der Waals surface area contributed by atoms with Crippen LogP contribution in [0.15, 0.2) is 24.3 Å². The lowest BCUT2D eigenvalue weighted by Crippen LogP contribution is -2.50. The number of nitrogens with zero attached hydrogens (tertiary/aromatic N) is 2. The van der Waals surface area contributed by atoms with Crippen LogP contribution >= 0.6 is 0 Å². The van der Waals surface area contributed by atoms with Crippen molar-refractivity contribution in [1.82, 2.24) is 9.80 Å². The van der Waals surface area contributed by atoms with Gasteiger partial charge in [0.25, 0.3) is 0 Å². The zero-order valence-electron chi connectivity index (χ0n) is 16.4. The van der Waals surface area contributed by atoms with Gasteiger partial charge in [-0.2, -0.15) is 0 Å². The molecule has 0 radical (unpaired) electrons. The second-order valence-corrected chi connectivity index (χ2v) is 8.69. The van der Waals surface area contributed by atoms with Crippen LogP contribution in [0.5, 0.6) is 5.75 Å². The molecule has 0 N–H and O–H groups in total. The first kappa shape index (κ1) is 18.7. The average Bonchev–Trinajstić information content (AvgIpc) is 3.03. The molecule has 2 aliphatic rings. The summed E-state index contributed by atoms with van der Waals surface area (Å²) >= 11 is 0. The van der Waals surface area contributed by atoms with Crippen LogP contribution in [0.4, 0.5) is 0 Å². The van der Waals surface area contributed by atoms with Crippen LogP contribution in [-0.2, 0) is 16.1 Å². The number of carbonyl (C=O) groups is 2. The third kappa shape index (κ3) is 3.57. The summed E-state index contributed by atoms with van der Waals surface area (Å²) in [7, 11) is 1.65. The third-order valence-corrected chi connectivity index (χ3v) is 5.61. The Balaban J connectivity index is 1.73. The van der Waals surface area contributed by atoms with Crippen molar-refractivity contribution in [2.75, 3.05) is 26.7 Å². The van der Waals surface area contributed by atoms with E-state index in [1.54, 1.807) is 7.11 Å². The van der Waals surface area contributed by atoms with Gasteiger partial charge in [-0.3, -0.25) is 9.59 Å². The van der Waals surface area contributed by atoms with Crippen molar-refractivity contribution in [3.8, 4) is 5.75 Å². The molecule has 2 heterocycles. The highest BCUT2D eigenvalue weighted by molar-refractivity contribution is 5.87. The normalized spacial score (nSPS) is 23.6. The number of benzene rings is 1. The molecule has 2 amide bonds. The predicted octanol–water partition coefficient (Wildman–Crippen LogP) is 3.08. The summed E-state index contributed by atoms with van der Waals surface area (Å²) in [5.74, 6) is 1.16. The van der Waals surface area contributed by atoms with E-state index in [9.17, 15) is 9.59 Å². The molecule has 3 rings (SSSR count). The summed E-state index contributed by atoms with van der Waals surface area (Å²) in [5, 5.41) is 0. The molecule has 0 aromatic heterocycles. The lowest BCUT2D eigenvalue weighted by Gasteiger charge is -2.39. The Morgan fingerprint density at radius 2 is 2.00 bits per heavy atom. The number of carbonyl (C=O) groups excluding carboxylic acids is 2. The van der Waals surface area contributed by atoms with Crippen molar-refractivity contribution in [1.29, 1.82) is 0 Å². The summed E-state index contributed by atoms with van der Waals surface area (Å²) in [6.07, 6.45) is 2.66. The lowest BCUT2D eigenvalue weighted by atomic mass is 9.78. The number of rotatable bonds is 3. The first-order valence-electron chi connectivity index (χ1n) is 9.47. The molecule has 2 aliphatic heterocycles. The quantitative estimate of drug-likeness (QED) is 0.834. The Labute approximate surface area is 156 Å². The molecule has 1 atom stereocenters. The maximum absolute atomic E-state index is 13.3. The standard InChI is InChI=1S/C21H30N2O3/c1-20(2,3)18(24)23-12-10-21(15-23)9-6-11-22(19(21)25)14-16-7-5-8-17(13-16)26-4/h5,7-8,13H,6,9-12,14-15H2,1-4H3. The van der Waals surface area contributed by atoms with E-state index in [-0.39, 0.29) is 11.8 Å². The highest BCUT2D eigenvalue weighted by atomic mass is 16.5. The molecule has 0 saturated carbocycles. The zero-order valence-corrected chi connectivity index (χ0v) is 16.4. The van der Waals surface area contributed by atoms with Gasteiger partial charge in [-0.05, 0) is 37.0 Å². The van der Waals surface area contributed by atoms with Gasteiger partial charge < -0.3 is 14.5 Å². The van der Waals surface area contributed by atoms with Crippen molar-refractivity contribution in [3.05, 3.63) is 29.8 Å². The van der Waals surface area contributed by atoms with E-state index in [1.165, 1.54) is 0 Å². The van der Waals surface area contributed by atoms with Crippen LogP contribution in [0.2, 0.25) is 0 Å². The van der Waals surface area contributed by atoms with Crippen molar-refractivity contribution in [2.24, 2.45) is 10.8 Å². The largest absolute Gasteiger partial charge is 0.497 e. The number of hydrogen-bond donors (Lipinski definition) is 0. The molecule has 1 aromatic rings. The maximum atomic E-state index is 13.3. The Hall–Kier alpha value is -2.04. The molecule has 142 valence electrons. The third-order valence-electron chi connectivity index (χ3n) is 5.61. The van der Waals surface area contributed by atoms with Gasteiger partial charge in [0.1, 0.15) is 5.75 Å². The van der Waals surface area contributed by atoms with Crippen LogP contribution in [0.25, 0.3) is 0 Å². The number of likely N-dealkylation sites (tertiary alicyclic amines) is 2. The Morgan fingerprint density at radius 3 is 2.69 bits per heavy atom. The van der Waals surface area contributed by atoms with E-state index in [4.69, 9.17) is 4.74 Å². The lowest BCUT2D eigenvalue weighted by molar-refractivity contribution is -0.147. The van der Waals surface area contributed by atoms with Gasteiger partial charge in [0.05, 0.1) is 12.5 Å². The van der Waals surface area contributed by atoms with E-state index >= 15 is 0 Å². The highest BCUT2D eigenvalue weighted by Gasteiger charge is 2.50. The fourth-order valence-electron chi connectivity index (χ4n) is 4.19. The van der Waals surface area contributed by atoms with Crippen LogP contribution in [0.1, 0.15) is 45.6 Å². The molecule has 1 spiro atoms. The number of methoxy groups -OCH3 is 1. The minimum absolute atomic E-state index is 0.145. The van der Waals surface area contributed by atoms with Gasteiger partial charge in [0, 0.05) is 31.6 Å². The van der Waals surface area contributed by atoms with Crippen LogP contribution < -0.4 is 4.74 Å². The minimum Gasteiger partial charge on any atom is -0.497 e. The Morgan fingerprint density at radius 1 is 1.23 bits per heavy atom. The topological polar surface area (TPSA) is 49.9 Å². The predicted molar refractivity (Wildman–Crippen MR) is 101 cm³/mol. The fraction of sp³-hybridized carbons (Fsp3) is 0.619. The second-order valence-electron chi connectivity index (χ2n) is 8.69. The van der Waals surface area contributed by atoms with E-state index in [0.717, 1.165) is 37.1 Å². The van der Waals surface area contributed by atoms with E-state index in [1.807, 2.05) is 54.8 Å². The molecule has 26 heavy (non-hydrogen) atoms. The van der Waals surface area contributed by atoms with Gasteiger partial charge >= 0.3 is 0 Å². The summed E-state index contributed by atoms with van der Waals surface area (Å²) in [6.45, 7) is 8.47. The van der Waals surface area contributed by atoms with Crippen molar-refractivity contribution >= 4 is 11.8 Å². The first-order valence-corrected chi connectivity index (χ1v) is 9.47. The van der Waals surface area contributed by atoms with Crippen LogP contribution in [0, 0.1) is 10.8 Å².